The van der Waals surface area contributed by atoms with Gasteiger partial charge in [0.05, 0.1) is 11.1 Å². The number of nitro groups is 1. The van der Waals surface area contributed by atoms with E-state index in [4.69, 9.17) is 0 Å². The molecule has 1 unspecified atom stereocenters. The molecule has 1 heterocycles. The Hall–Kier alpha value is -2.90. The van der Waals surface area contributed by atoms with Crippen molar-refractivity contribution in [2.75, 3.05) is 5.32 Å². The molecule has 1 aromatic carbocycles. The normalized spacial score (nSPS) is 11.9. The molecule has 2 rings (SSSR count). The van der Waals surface area contributed by atoms with Crippen molar-refractivity contribution in [1.29, 1.82) is 0 Å². The van der Waals surface area contributed by atoms with E-state index in [0.717, 1.165) is 0 Å². The smallest absolute Gasteiger partial charge is 0.330 e. The predicted molar refractivity (Wildman–Crippen MR) is 75.0 cm³/mol. The molecule has 2 aromatic rings. The Bertz CT molecular complexity index is 695. The van der Waals surface area contributed by atoms with Crippen molar-refractivity contribution in [3.63, 3.8) is 0 Å². The Morgan fingerprint density at radius 2 is 2.24 bits per heavy atom. The lowest BCUT2D eigenvalue weighted by atomic mass is 10.1. The molecule has 0 saturated heterocycles. The minimum Gasteiger partial charge on any atom is -0.479 e. The van der Waals surface area contributed by atoms with Crippen LogP contribution in [-0.4, -0.2) is 25.8 Å². The van der Waals surface area contributed by atoms with Gasteiger partial charge in [0.25, 0.3) is 5.69 Å². The summed E-state index contributed by atoms with van der Waals surface area (Å²) >= 11 is 0. The van der Waals surface area contributed by atoms with Crippen LogP contribution in [0.15, 0.2) is 30.6 Å². The summed E-state index contributed by atoms with van der Waals surface area (Å²) < 4.78 is 1.49. The number of nitrogens with one attached hydrogen (secondary N) is 1. The summed E-state index contributed by atoms with van der Waals surface area (Å²) in [5, 5.41) is 27.0. The summed E-state index contributed by atoms with van der Waals surface area (Å²) in [6, 6.07) is 3.46. The van der Waals surface area contributed by atoms with Crippen molar-refractivity contribution in [3.05, 3.63) is 51.8 Å². The lowest BCUT2D eigenvalue weighted by molar-refractivity contribution is -0.385. The van der Waals surface area contributed by atoms with Gasteiger partial charge in [-0.2, -0.15) is 5.10 Å². The Labute approximate surface area is 120 Å². The van der Waals surface area contributed by atoms with Crippen molar-refractivity contribution in [3.8, 4) is 0 Å². The van der Waals surface area contributed by atoms with Crippen LogP contribution >= 0.6 is 0 Å². The number of aryl methyl sites for hydroxylation is 1. The van der Waals surface area contributed by atoms with E-state index in [1.54, 1.807) is 26.2 Å². The van der Waals surface area contributed by atoms with Crippen LogP contribution in [0.1, 0.15) is 17.2 Å². The Morgan fingerprint density at radius 3 is 2.76 bits per heavy atom. The van der Waals surface area contributed by atoms with E-state index in [2.05, 4.69) is 10.4 Å². The second kappa shape index (κ2) is 5.61. The molecule has 0 spiro atoms. The maximum Gasteiger partial charge on any atom is 0.330 e. The lowest BCUT2D eigenvalue weighted by Gasteiger charge is -2.16. The van der Waals surface area contributed by atoms with E-state index in [9.17, 15) is 20.0 Å². The van der Waals surface area contributed by atoms with Gasteiger partial charge in [0.15, 0.2) is 6.04 Å². The molecule has 0 aliphatic carbocycles. The molecule has 21 heavy (non-hydrogen) atoms. The van der Waals surface area contributed by atoms with Crippen LogP contribution in [0.3, 0.4) is 0 Å². The van der Waals surface area contributed by atoms with Crippen molar-refractivity contribution in [2.45, 2.75) is 13.0 Å². The molecule has 0 amide bonds. The maximum atomic E-state index is 11.4. The summed E-state index contributed by atoms with van der Waals surface area (Å²) in [5.74, 6) is -1.09. The van der Waals surface area contributed by atoms with E-state index in [1.165, 1.54) is 23.0 Å². The lowest BCUT2D eigenvalue weighted by Crippen LogP contribution is -2.20. The van der Waals surface area contributed by atoms with Gasteiger partial charge in [0.2, 0.25) is 0 Å². The molecule has 0 saturated carbocycles. The molecule has 110 valence electrons. The predicted octanol–water partition coefficient (Wildman–Crippen LogP) is 1.87. The van der Waals surface area contributed by atoms with Gasteiger partial charge in [-0.15, -0.1) is 0 Å². The fraction of sp³-hybridized carbons (Fsp3) is 0.231. The number of carbonyl (C=O) groups is 1. The van der Waals surface area contributed by atoms with E-state index in [0.29, 0.717) is 16.8 Å². The molecule has 0 bridgehead atoms. The number of hydrogen-bond donors (Lipinski definition) is 2. The number of rotatable bonds is 5. The molecule has 1 atom stereocenters. The minimum absolute atomic E-state index is 0.0599. The molecule has 0 radical (unpaired) electrons. The topological polar surface area (TPSA) is 110 Å². The fourth-order valence-electron chi connectivity index (χ4n) is 2.01. The number of carboxylic acid groups (broad SMARTS) is 1. The monoisotopic (exact) mass is 290 g/mol. The summed E-state index contributed by atoms with van der Waals surface area (Å²) in [6.07, 6.45) is 3.02. The van der Waals surface area contributed by atoms with Crippen LogP contribution in [0.4, 0.5) is 11.4 Å². The quantitative estimate of drug-likeness (QED) is 0.642. The van der Waals surface area contributed by atoms with Gasteiger partial charge < -0.3 is 10.4 Å². The number of nitro benzene ring substituents is 1. The van der Waals surface area contributed by atoms with Gasteiger partial charge in [0.1, 0.15) is 0 Å². The molecular weight excluding hydrogens is 276 g/mol. The third-order valence-corrected chi connectivity index (χ3v) is 3.11. The first-order chi connectivity index (χ1) is 9.90. The Kier molecular flexibility index (Phi) is 3.88. The summed E-state index contributed by atoms with van der Waals surface area (Å²) in [5.41, 5.74) is 1.20. The van der Waals surface area contributed by atoms with E-state index in [1.807, 2.05) is 0 Å². The number of nitrogens with zero attached hydrogens (tertiary/aromatic N) is 3. The van der Waals surface area contributed by atoms with Crippen LogP contribution in [0.25, 0.3) is 0 Å². The van der Waals surface area contributed by atoms with Gasteiger partial charge in [-0.05, 0) is 13.0 Å². The van der Waals surface area contributed by atoms with E-state index >= 15 is 0 Å². The summed E-state index contributed by atoms with van der Waals surface area (Å²) in [6.45, 7) is 1.57. The molecular formula is C13H14N4O4. The first-order valence-corrected chi connectivity index (χ1v) is 6.12. The third kappa shape index (κ3) is 2.99. The van der Waals surface area contributed by atoms with Crippen molar-refractivity contribution < 1.29 is 14.8 Å². The molecule has 2 N–H and O–H groups in total. The second-order valence-electron chi connectivity index (χ2n) is 4.57. The molecule has 1 aromatic heterocycles. The first kappa shape index (κ1) is 14.5. The van der Waals surface area contributed by atoms with Gasteiger partial charge in [-0.25, -0.2) is 4.79 Å². The zero-order chi connectivity index (χ0) is 15.6. The van der Waals surface area contributed by atoms with Gasteiger partial charge in [-0.3, -0.25) is 14.8 Å². The molecule has 0 aliphatic rings. The Balaban J connectivity index is 2.36. The average molecular weight is 290 g/mol. The number of benzene rings is 1. The highest BCUT2D eigenvalue weighted by atomic mass is 16.6. The zero-order valence-electron chi connectivity index (χ0n) is 11.5. The molecule has 0 fully saturated rings. The standard InChI is InChI=1S/C13H14N4O4/c1-8-10(4-3-5-11(8)17(20)21)15-12(13(18)19)9-6-14-16(2)7-9/h3-7,12,15H,1-2H3,(H,18,19). The molecule has 0 aliphatic heterocycles. The van der Waals surface area contributed by atoms with Gasteiger partial charge >= 0.3 is 5.97 Å². The molecule has 8 heteroatoms. The van der Waals surface area contributed by atoms with Crippen molar-refractivity contribution in [2.24, 2.45) is 7.05 Å². The highest BCUT2D eigenvalue weighted by molar-refractivity contribution is 5.80. The second-order valence-corrected chi connectivity index (χ2v) is 4.57. The van der Waals surface area contributed by atoms with Crippen LogP contribution in [0.5, 0.6) is 0 Å². The summed E-state index contributed by atoms with van der Waals surface area (Å²) in [4.78, 5) is 21.8. The van der Waals surface area contributed by atoms with E-state index in [-0.39, 0.29) is 5.69 Å². The fourth-order valence-corrected chi connectivity index (χ4v) is 2.01. The van der Waals surface area contributed by atoms with Crippen LogP contribution < -0.4 is 5.32 Å². The maximum absolute atomic E-state index is 11.4. The number of hydrogen-bond acceptors (Lipinski definition) is 5. The number of aliphatic carboxylic acids is 1. The van der Waals surface area contributed by atoms with Crippen LogP contribution in [-0.2, 0) is 11.8 Å². The number of aromatic nitrogens is 2. The Morgan fingerprint density at radius 1 is 1.52 bits per heavy atom. The number of carboxylic acids is 1. The zero-order valence-corrected chi connectivity index (χ0v) is 11.5. The van der Waals surface area contributed by atoms with Crippen molar-refractivity contribution >= 4 is 17.3 Å². The van der Waals surface area contributed by atoms with Crippen LogP contribution in [0.2, 0.25) is 0 Å². The SMILES string of the molecule is Cc1c(NC(C(=O)O)c2cnn(C)c2)cccc1[N+](=O)[O-]. The van der Waals surface area contributed by atoms with Gasteiger partial charge in [0, 0.05) is 36.1 Å². The largest absolute Gasteiger partial charge is 0.479 e. The van der Waals surface area contributed by atoms with Crippen molar-refractivity contribution in [1.82, 2.24) is 9.78 Å². The average Bonchev–Trinajstić information content (AvgIpc) is 2.83. The summed E-state index contributed by atoms with van der Waals surface area (Å²) in [7, 11) is 1.68. The van der Waals surface area contributed by atoms with E-state index < -0.39 is 16.9 Å². The highest BCUT2D eigenvalue weighted by Crippen LogP contribution is 2.28. The first-order valence-electron chi connectivity index (χ1n) is 6.12. The van der Waals surface area contributed by atoms with Gasteiger partial charge in [-0.1, -0.05) is 6.07 Å². The highest BCUT2D eigenvalue weighted by Gasteiger charge is 2.23. The number of anilines is 1. The minimum atomic E-state index is -1.09. The van der Waals surface area contributed by atoms with Crippen LogP contribution in [0, 0.1) is 17.0 Å². The third-order valence-electron chi connectivity index (χ3n) is 3.11. The molecule has 8 nitrogen and oxygen atoms in total.